The average molecular weight is 269 g/mol. The molecule has 90 valence electrons. The van der Waals surface area contributed by atoms with Gasteiger partial charge in [0.1, 0.15) is 0 Å². The van der Waals surface area contributed by atoms with Crippen molar-refractivity contribution in [3.05, 3.63) is 35.2 Å². The number of thiazole rings is 1. The molecule has 0 bridgehead atoms. The molecular weight excluding hydrogens is 256 g/mol. The standard InChI is InChI=1S/C12H13ClN2OS/c13-5-11(16)6-14-10-3-1-9(2-4-10)12-7-17-8-15-12/h1-4,7-8,11,14,16H,5-6H2. The number of nitrogens with one attached hydrogen (secondary N) is 1. The van der Waals surface area contributed by atoms with Gasteiger partial charge in [-0.3, -0.25) is 0 Å². The molecule has 0 aliphatic carbocycles. The monoisotopic (exact) mass is 268 g/mol. The highest BCUT2D eigenvalue weighted by molar-refractivity contribution is 7.07. The fraction of sp³-hybridized carbons (Fsp3) is 0.250. The molecule has 0 saturated heterocycles. The lowest BCUT2D eigenvalue weighted by atomic mass is 10.1. The summed E-state index contributed by atoms with van der Waals surface area (Å²) < 4.78 is 0. The van der Waals surface area contributed by atoms with Crippen molar-refractivity contribution in [1.82, 2.24) is 4.98 Å². The van der Waals surface area contributed by atoms with Gasteiger partial charge >= 0.3 is 0 Å². The second kappa shape index (κ2) is 6.00. The molecule has 0 radical (unpaired) electrons. The van der Waals surface area contributed by atoms with Gasteiger partial charge in [0, 0.05) is 23.2 Å². The van der Waals surface area contributed by atoms with E-state index in [2.05, 4.69) is 10.3 Å². The third-order valence-corrected chi connectivity index (χ3v) is 3.28. The molecule has 1 unspecified atom stereocenters. The summed E-state index contributed by atoms with van der Waals surface area (Å²) >= 11 is 7.10. The molecule has 0 fully saturated rings. The lowest BCUT2D eigenvalue weighted by molar-refractivity contribution is 0.211. The zero-order chi connectivity index (χ0) is 12.1. The molecule has 0 saturated carbocycles. The molecule has 0 spiro atoms. The van der Waals surface area contributed by atoms with E-state index < -0.39 is 6.10 Å². The van der Waals surface area contributed by atoms with Crippen LogP contribution in [0.2, 0.25) is 0 Å². The van der Waals surface area contributed by atoms with Crippen molar-refractivity contribution in [2.45, 2.75) is 6.10 Å². The van der Waals surface area contributed by atoms with Gasteiger partial charge in [-0.25, -0.2) is 4.98 Å². The van der Waals surface area contributed by atoms with Crippen LogP contribution in [-0.2, 0) is 0 Å². The summed E-state index contributed by atoms with van der Waals surface area (Å²) in [7, 11) is 0. The average Bonchev–Trinajstić information content (AvgIpc) is 2.90. The van der Waals surface area contributed by atoms with Gasteiger partial charge in [-0.2, -0.15) is 0 Å². The number of aliphatic hydroxyl groups excluding tert-OH is 1. The topological polar surface area (TPSA) is 45.1 Å². The third-order valence-electron chi connectivity index (χ3n) is 2.33. The van der Waals surface area contributed by atoms with Crippen molar-refractivity contribution in [3.63, 3.8) is 0 Å². The second-order valence-corrected chi connectivity index (χ2v) is 4.67. The highest BCUT2D eigenvalue weighted by Gasteiger charge is 2.02. The van der Waals surface area contributed by atoms with Crippen molar-refractivity contribution < 1.29 is 5.11 Å². The number of rotatable bonds is 5. The smallest absolute Gasteiger partial charge is 0.0847 e. The van der Waals surface area contributed by atoms with Gasteiger partial charge in [0.05, 0.1) is 23.2 Å². The summed E-state index contributed by atoms with van der Waals surface area (Å²) in [6, 6.07) is 7.94. The van der Waals surface area contributed by atoms with E-state index in [0.717, 1.165) is 16.9 Å². The van der Waals surface area contributed by atoms with Gasteiger partial charge in [0.2, 0.25) is 0 Å². The third kappa shape index (κ3) is 3.43. The van der Waals surface area contributed by atoms with E-state index in [4.69, 9.17) is 11.6 Å². The number of aliphatic hydroxyl groups is 1. The molecule has 2 N–H and O–H groups in total. The number of hydrogen-bond donors (Lipinski definition) is 2. The van der Waals surface area contributed by atoms with Gasteiger partial charge in [-0.15, -0.1) is 22.9 Å². The molecule has 1 aromatic carbocycles. The second-order valence-electron chi connectivity index (χ2n) is 3.64. The van der Waals surface area contributed by atoms with E-state index in [-0.39, 0.29) is 5.88 Å². The first kappa shape index (κ1) is 12.4. The van der Waals surface area contributed by atoms with Crippen LogP contribution in [-0.4, -0.2) is 28.6 Å². The van der Waals surface area contributed by atoms with Gasteiger partial charge in [-0.1, -0.05) is 12.1 Å². The fourth-order valence-corrected chi connectivity index (χ4v) is 2.07. The van der Waals surface area contributed by atoms with Crippen LogP contribution in [0.15, 0.2) is 35.2 Å². The van der Waals surface area contributed by atoms with Gasteiger partial charge < -0.3 is 10.4 Å². The lowest BCUT2D eigenvalue weighted by Crippen LogP contribution is -2.20. The first-order valence-electron chi connectivity index (χ1n) is 5.26. The van der Waals surface area contributed by atoms with Crippen LogP contribution < -0.4 is 5.32 Å². The molecule has 0 aliphatic rings. The number of alkyl halides is 1. The summed E-state index contributed by atoms with van der Waals surface area (Å²) in [6.45, 7) is 0.458. The number of hydrogen-bond acceptors (Lipinski definition) is 4. The van der Waals surface area contributed by atoms with Crippen molar-refractivity contribution in [1.29, 1.82) is 0 Å². The number of benzene rings is 1. The van der Waals surface area contributed by atoms with Gasteiger partial charge in [0.25, 0.3) is 0 Å². The molecule has 1 atom stereocenters. The largest absolute Gasteiger partial charge is 0.390 e. The Hall–Kier alpha value is -1.10. The molecule has 3 nitrogen and oxygen atoms in total. The molecular formula is C12H13ClN2OS. The van der Waals surface area contributed by atoms with E-state index in [1.165, 1.54) is 0 Å². The molecule has 17 heavy (non-hydrogen) atoms. The fourth-order valence-electron chi connectivity index (χ4n) is 1.40. The van der Waals surface area contributed by atoms with Crippen LogP contribution in [0.25, 0.3) is 11.3 Å². The van der Waals surface area contributed by atoms with Crippen LogP contribution >= 0.6 is 22.9 Å². The lowest BCUT2D eigenvalue weighted by Gasteiger charge is -2.10. The summed E-state index contributed by atoms with van der Waals surface area (Å²) in [4.78, 5) is 4.24. The zero-order valence-electron chi connectivity index (χ0n) is 9.14. The van der Waals surface area contributed by atoms with E-state index in [1.54, 1.807) is 11.3 Å². The number of nitrogens with zero attached hydrogens (tertiary/aromatic N) is 1. The SMILES string of the molecule is OC(CCl)CNc1ccc(-c2cscn2)cc1. The molecule has 2 rings (SSSR count). The molecule has 0 amide bonds. The number of aromatic nitrogens is 1. The Kier molecular flexibility index (Phi) is 4.36. The van der Waals surface area contributed by atoms with E-state index in [1.807, 2.05) is 35.2 Å². The van der Waals surface area contributed by atoms with Crippen LogP contribution in [0.4, 0.5) is 5.69 Å². The van der Waals surface area contributed by atoms with E-state index in [0.29, 0.717) is 6.54 Å². The maximum absolute atomic E-state index is 9.32. The minimum atomic E-state index is -0.519. The molecule has 0 aliphatic heterocycles. The summed E-state index contributed by atoms with van der Waals surface area (Å²) in [5.41, 5.74) is 4.86. The minimum absolute atomic E-state index is 0.240. The Morgan fingerprint density at radius 2 is 2.12 bits per heavy atom. The predicted molar refractivity (Wildman–Crippen MR) is 72.8 cm³/mol. The highest BCUT2D eigenvalue weighted by Crippen LogP contribution is 2.20. The Morgan fingerprint density at radius 3 is 2.71 bits per heavy atom. The van der Waals surface area contributed by atoms with Crippen LogP contribution in [0, 0.1) is 0 Å². The molecule has 5 heteroatoms. The first-order chi connectivity index (χ1) is 8.29. The Balaban J connectivity index is 1.99. The highest BCUT2D eigenvalue weighted by atomic mass is 35.5. The molecule has 1 heterocycles. The van der Waals surface area contributed by atoms with Gasteiger partial charge in [0.15, 0.2) is 0 Å². The zero-order valence-corrected chi connectivity index (χ0v) is 10.7. The Morgan fingerprint density at radius 1 is 1.35 bits per heavy atom. The summed E-state index contributed by atoms with van der Waals surface area (Å²) in [5, 5.41) is 14.5. The summed E-state index contributed by atoms with van der Waals surface area (Å²) in [6.07, 6.45) is -0.519. The van der Waals surface area contributed by atoms with Crippen molar-refractivity contribution in [2.24, 2.45) is 0 Å². The Bertz CT molecular complexity index is 444. The number of anilines is 1. The first-order valence-corrected chi connectivity index (χ1v) is 6.74. The maximum atomic E-state index is 9.32. The molecule has 2 aromatic rings. The van der Waals surface area contributed by atoms with E-state index in [9.17, 15) is 5.11 Å². The quantitative estimate of drug-likeness (QED) is 0.820. The maximum Gasteiger partial charge on any atom is 0.0847 e. The number of halogens is 1. The van der Waals surface area contributed by atoms with Crippen LogP contribution in [0.3, 0.4) is 0 Å². The minimum Gasteiger partial charge on any atom is -0.390 e. The van der Waals surface area contributed by atoms with Crippen molar-refractivity contribution >= 4 is 28.6 Å². The van der Waals surface area contributed by atoms with Crippen LogP contribution in [0.1, 0.15) is 0 Å². The van der Waals surface area contributed by atoms with Crippen molar-refractivity contribution in [2.75, 3.05) is 17.7 Å². The van der Waals surface area contributed by atoms with Crippen molar-refractivity contribution in [3.8, 4) is 11.3 Å². The predicted octanol–water partition coefficient (Wildman–Crippen LogP) is 2.82. The summed E-state index contributed by atoms with van der Waals surface area (Å²) in [5.74, 6) is 0.240. The normalized spacial score (nSPS) is 12.4. The molecule has 1 aromatic heterocycles. The van der Waals surface area contributed by atoms with E-state index >= 15 is 0 Å². The van der Waals surface area contributed by atoms with Gasteiger partial charge in [-0.05, 0) is 12.1 Å². The Labute approximate surface area is 109 Å². The van der Waals surface area contributed by atoms with Crippen LogP contribution in [0.5, 0.6) is 0 Å².